The maximum atomic E-state index is 11.8. The Bertz CT molecular complexity index is 360. The van der Waals surface area contributed by atoms with Crippen LogP contribution in [0.2, 0.25) is 0 Å². The van der Waals surface area contributed by atoms with Gasteiger partial charge in [0.1, 0.15) is 12.4 Å². The number of rotatable bonds is 6. The van der Waals surface area contributed by atoms with Crippen LogP contribution in [0, 0.1) is 0 Å². The molecule has 0 radical (unpaired) electrons. The summed E-state index contributed by atoms with van der Waals surface area (Å²) in [6.07, 6.45) is 3.55. The first-order chi connectivity index (χ1) is 8.04. The van der Waals surface area contributed by atoms with E-state index >= 15 is 0 Å². The van der Waals surface area contributed by atoms with Crippen molar-refractivity contribution in [3.8, 4) is 0 Å². The molecule has 96 valence electrons. The molecule has 5 nitrogen and oxygen atoms in total. The first kappa shape index (κ1) is 13.7. The van der Waals surface area contributed by atoms with Crippen molar-refractivity contribution in [2.45, 2.75) is 39.3 Å². The maximum Gasteiger partial charge on any atom is 0.240 e. The van der Waals surface area contributed by atoms with Crippen LogP contribution in [0.5, 0.6) is 0 Å². The van der Waals surface area contributed by atoms with Crippen molar-refractivity contribution in [3.63, 3.8) is 0 Å². The third-order valence-corrected chi connectivity index (χ3v) is 2.40. The molecular formula is C12H21N3O2. The van der Waals surface area contributed by atoms with Crippen LogP contribution in [0.1, 0.15) is 32.5 Å². The summed E-state index contributed by atoms with van der Waals surface area (Å²) in [4.78, 5) is 16.0. The smallest absolute Gasteiger partial charge is 0.240 e. The largest absolute Gasteiger partial charge is 0.383 e. The first-order valence-electron chi connectivity index (χ1n) is 5.84. The maximum absolute atomic E-state index is 11.8. The second-order valence-electron chi connectivity index (χ2n) is 4.49. The number of carbonyl (C=O) groups excluding carboxylic acids is 1. The average molecular weight is 239 g/mol. The molecule has 1 amide bonds. The van der Waals surface area contributed by atoms with E-state index in [1.165, 1.54) is 0 Å². The van der Waals surface area contributed by atoms with E-state index in [0.29, 0.717) is 19.1 Å². The van der Waals surface area contributed by atoms with Crippen LogP contribution in [-0.4, -0.2) is 35.2 Å². The quantitative estimate of drug-likeness (QED) is 0.810. The van der Waals surface area contributed by atoms with Crippen molar-refractivity contribution in [2.24, 2.45) is 0 Å². The van der Waals surface area contributed by atoms with E-state index in [9.17, 15) is 4.79 Å². The molecule has 0 saturated heterocycles. The summed E-state index contributed by atoms with van der Waals surface area (Å²) in [5, 5.41) is 2.87. The lowest BCUT2D eigenvalue weighted by Crippen LogP contribution is -2.37. The number of hydrogen-bond donors (Lipinski definition) is 1. The van der Waals surface area contributed by atoms with Gasteiger partial charge in [-0.1, -0.05) is 13.8 Å². The minimum Gasteiger partial charge on any atom is -0.383 e. The zero-order chi connectivity index (χ0) is 12.8. The summed E-state index contributed by atoms with van der Waals surface area (Å²) >= 11 is 0. The summed E-state index contributed by atoms with van der Waals surface area (Å²) in [6.45, 7) is 6.86. The van der Waals surface area contributed by atoms with Gasteiger partial charge in [-0.25, -0.2) is 4.98 Å². The zero-order valence-electron chi connectivity index (χ0n) is 10.9. The molecule has 1 aromatic heterocycles. The average Bonchev–Trinajstić information content (AvgIpc) is 2.65. The Morgan fingerprint density at radius 2 is 2.24 bits per heavy atom. The minimum atomic E-state index is -0.0190. The van der Waals surface area contributed by atoms with Gasteiger partial charge in [0, 0.05) is 31.5 Å². The minimum absolute atomic E-state index is 0.0190. The van der Waals surface area contributed by atoms with Crippen LogP contribution < -0.4 is 5.32 Å². The number of hydrogen-bond acceptors (Lipinski definition) is 3. The van der Waals surface area contributed by atoms with Crippen molar-refractivity contribution in [2.75, 3.05) is 13.7 Å². The monoisotopic (exact) mass is 239 g/mol. The predicted molar refractivity (Wildman–Crippen MR) is 65.8 cm³/mol. The lowest BCUT2D eigenvalue weighted by Gasteiger charge is -2.14. The van der Waals surface area contributed by atoms with Gasteiger partial charge in [0.2, 0.25) is 5.91 Å². The number of methoxy groups -OCH3 is 1. The van der Waals surface area contributed by atoms with Gasteiger partial charge in [-0.2, -0.15) is 0 Å². The van der Waals surface area contributed by atoms with Gasteiger partial charge in [-0.15, -0.1) is 0 Å². The van der Waals surface area contributed by atoms with Gasteiger partial charge in [-0.05, 0) is 6.92 Å². The van der Waals surface area contributed by atoms with Crippen LogP contribution >= 0.6 is 0 Å². The van der Waals surface area contributed by atoms with Gasteiger partial charge >= 0.3 is 0 Å². The topological polar surface area (TPSA) is 56.1 Å². The van der Waals surface area contributed by atoms with Crippen molar-refractivity contribution < 1.29 is 9.53 Å². The van der Waals surface area contributed by atoms with Crippen LogP contribution in [0.25, 0.3) is 0 Å². The van der Waals surface area contributed by atoms with E-state index in [1.807, 2.05) is 17.7 Å². The van der Waals surface area contributed by atoms with E-state index in [2.05, 4.69) is 24.1 Å². The van der Waals surface area contributed by atoms with Crippen molar-refractivity contribution in [1.29, 1.82) is 0 Å². The highest BCUT2D eigenvalue weighted by molar-refractivity contribution is 5.76. The summed E-state index contributed by atoms with van der Waals surface area (Å²) in [7, 11) is 1.62. The number of nitrogens with one attached hydrogen (secondary N) is 1. The van der Waals surface area contributed by atoms with Crippen molar-refractivity contribution in [3.05, 3.63) is 18.2 Å². The number of nitrogens with zero attached hydrogens (tertiary/aromatic N) is 2. The Morgan fingerprint density at radius 3 is 2.82 bits per heavy atom. The van der Waals surface area contributed by atoms with Crippen LogP contribution in [0.4, 0.5) is 0 Å². The molecule has 0 spiro atoms. The normalized spacial score (nSPS) is 12.8. The summed E-state index contributed by atoms with van der Waals surface area (Å²) < 4.78 is 6.84. The molecule has 17 heavy (non-hydrogen) atoms. The highest BCUT2D eigenvalue weighted by Gasteiger charge is 2.12. The summed E-state index contributed by atoms with van der Waals surface area (Å²) in [5.41, 5.74) is 0. The molecule has 1 N–H and O–H groups in total. The number of ether oxygens (including phenoxy) is 1. The van der Waals surface area contributed by atoms with E-state index in [0.717, 1.165) is 5.82 Å². The molecule has 0 fully saturated rings. The van der Waals surface area contributed by atoms with E-state index in [-0.39, 0.29) is 11.9 Å². The molecule has 1 aromatic rings. The SMILES string of the molecule is COCC(C)NC(=O)Cn1ccnc1C(C)C. The van der Waals surface area contributed by atoms with Crippen LogP contribution in [0.3, 0.4) is 0 Å². The Morgan fingerprint density at radius 1 is 1.53 bits per heavy atom. The van der Waals surface area contributed by atoms with Crippen LogP contribution in [0.15, 0.2) is 12.4 Å². The first-order valence-corrected chi connectivity index (χ1v) is 5.84. The van der Waals surface area contributed by atoms with E-state index in [1.54, 1.807) is 13.3 Å². The number of carbonyl (C=O) groups is 1. The molecule has 0 aliphatic rings. The van der Waals surface area contributed by atoms with Crippen molar-refractivity contribution >= 4 is 5.91 Å². The fourth-order valence-electron chi connectivity index (χ4n) is 1.72. The van der Waals surface area contributed by atoms with Crippen LogP contribution in [-0.2, 0) is 16.1 Å². The Balaban J connectivity index is 2.53. The molecule has 0 aliphatic carbocycles. The van der Waals surface area contributed by atoms with E-state index < -0.39 is 0 Å². The number of imidazole rings is 1. The molecule has 1 atom stereocenters. The fourth-order valence-corrected chi connectivity index (χ4v) is 1.72. The zero-order valence-corrected chi connectivity index (χ0v) is 10.9. The number of amides is 1. The third kappa shape index (κ3) is 4.19. The molecule has 0 aliphatic heterocycles. The fraction of sp³-hybridized carbons (Fsp3) is 0.667. The third-order valence-electron chi connectivity index (χ3n) is 2.40. The van der Waals surface area contributed by atoms with Gasteiger partial charge in [0.25, 0.3) is 0 Å². The molecule has 1 heterocycles. The molecule has 0 saturated carbocycles. The molecule has 5 heteroatoms. The van der Waals surface area contributed by atoms with Crippen molar-refractivity contribution in [1.82, 2.24) is 14.9 Å². The predicted octanol–water partition coefficient (Wildman–Crippen LogP) is 1.16. The molecule has 0 bridgehead atoms. The summed E-state index contributed by atoms with van der Waals surface area (Å²) in [5.74, 6) is 1.23. The van der Waals surface area contributed by atoms with Gasteiger partial charge in [0.05, 0.1) is 6.61 Å². The number of aromatic nitrogens is 2. The van der Waals surface area contributed by atoms with Gasteiger partial charge < -0.3 is 14.6 Å². The van der Waals surface area contributed by atoms with Gasteiger partial charge in [0.15, 0.2) is 0 Å². The highest BCUT2D eigenvalue weighted by Crippen LogP contribution is 2.11. The molecule has 1 unspecified atom stereocenters. The Labute approximate surface area is 102 Å². The second-order valence-corrected chi connectivity index (χ2v) is 4.49. The summed E-state index contributed by atoms with van der Waals surface area (Å²) in [6, 6.07) is 0.0264. The molecular weight excluding hydrogens is 218 g/mol. The molecule has 1 rings (SSSR count). The Kier molecular flexibility index (Phi) is 5.15. The Hall–Kier alpha value is -1.36. The highest BCUT2D eigenvalue weighted by atomic mass is 16.5. The standard InChI is InChI=1S/C12H21N3O2/c1-9(2)12-13-5-6-15(12)7-11(16)14-10(3)8-17-4/h5-6,9-10H,7-8H2,1-4H3,(H,14,16). The lowest BCUT2D eigenvalue weighted by atomic mass is 10.2. The lowest BCUT2D eigenvalue weighted by molar-refractivity contribution is -0.122. The van der Waals surface area contributed by atoms with Gasteiger partial charge in [-0.3, -0.25) is 4.79 Å². The molecule has 0 aromatic carbocycles. The van der Waals surface area contributed by atoms with E-state index in [4.69, 9.17) is 4.74 Å². The second kappa shape index (κ2) is 6.39.